The molecule has 36 heavy (non-hydrogen) atoms. The van der Waals surface area contributed by atoms with Gasteiger partial charge in [0.1, 0.15) is 10.8 Å². The van der Waals surface area contributed by atoms with Crippen LogP contribution >= 0.6 is 11.3 Å². The predicted molar refractivity (Wildman–Crippen MR) is 133 cm³/mol. The third-order valence-electron chi connectivity index (χ3n) is 5.37. The van der Waals surface area contributed by atoms with Crippen molar-refractivity contribution in [3.8, 4) is 34.5 Å². The van der Waals surface area contributed by atoms with E-state index in [2.05, 4.69) is 25.1 Å². The van der Waals surface area contributed by atoms with Crippen LogP contribution in [0.4, 0.5) is 4.39 Å². The summed E-state index contributed by atoms with van der Waals surface area (Å²) in [5.41, 5.74) is 2.37. The molecular weight excluding hydrogens is 485 g/mol. The third kappa shape index (κ3) is 4.96. The number of ether oxygens (including phenoxy) is 2. The number of rotatable bonds is 9. The van der Waals surface area contributed by atoms with Crippen LogP contribution < -0.4 is 15.0 Å². The normalized spacial score (nSPS) is 11.2. The number of methoxy groups -OCH3 is 1. The van der Waals surface area contributed by atoms with E-state index in [-0.39, 0.29) is 29.2 Å². The van der Waals surface area contributed by atoms with Crippen molar-refractivity contribution in [1.29, 1.82) is 0 Å². The van der Waals surface area contributed by atoms with Crippen LogP contribution in [0.3, 0.4) is 0 Å². The first-order valence-corrected chi connectivity index (χ1v) is 12.1. The van der Waals surface area contributed by atoms with Gasteiger partial charge in [-0.1, -0.05) is 31.5 Å². The summed E-state index contributed by atoms with van der Waals surface area (Å²) >= 11 is 1.51. The van der Waals surface area contributed by atoms with Gasteiger partial charge in [0.2, 0.25) is 11.6 Å². The van der Waals surface area contributed by atoms with Crippen LogP contribution in [-0.4, -0.2) is 38.9 Å². The van der Waals surface area contributed by atoms with Gasteiger partial charge in [-0.05, 0) is 41.8 Å². The van der Waals surface area contributed by atoms with Crippen LogP contribution in [0, 0.1) is 5.82 Å². The summed E-state index contributed by atoms with van der Waals surface area (Å²) in [6.07, 6.45) is 2.00. The molecule has 0 aliphatic rings. The summed E-state index contributed by atoms with van der Waals surface area (Å²) in [5, 5.41) is 8.99. The molecule has 9 nitrogen and oxygen atoms in total. The van der Waals surface area contributed by atoms with Gasteiger partial charge in [0.15, 0.2) is 5.69 Å². The van der Waals surface area contributed by atoms with Crippen molar-refractivity contribution in [3.05, 3.63) is 69.5 Å². The number of halogens is 1. The molecule has 0 aliphatic carbocycles. The summed E-state index contributed by atoms with van der Waals surface area (Å²) in [4.78, 5) is 24.0. The van der Waals surface area contributed by atoms with E-state index in [1.807, 2.05) is 25.1 Å². The molecule has 0 amide bonds. The number of aromatic nitrogens is 5. The van der Waals surface area contributed by atoms with Crippen LogP contribution in [0.15, 0.2) is 51.7 Å². The zero-order valence-corrected chi connectivity index (χ0v) is 20.4. The molecule has 0 bridgehead atoms. The Kier molecular flexibility index (Phi) is 6.72. The minimum Gasteiger partial charge on any atom is -0.486 e. The molecule has 0 saturated carbocycles. The van der Waals surface area contributed by atoms with Crippen LogP contribution in [0.5, 0.6) is 11.8 Å². The second-order valence-corrected chi connectivity index (χ2v) is 9.04. The average molecular weight is 508 g/mol. The van der Waals surface area contributed by atoms with E-state index in [0.717, 1.165) is 39.2 Å². The fraction of sp³-hybridized carbons (Fsp3) is 0.240. The van der Waals surface area contributed by atoms with E-state index in [9.17, 15) is 9.18 Å². The minimum atomic E-state index is -0.490. The summed E-state index contributed by atoms with van der Waals surface area (Å²) in [5.74, 6) is 0.115. The average Bonchev–Trinajstić information content (AvgIpc) is 3.51. The van der Waals surface area contributed by atoms with Crippen molar-refractivity contribution in [2.24, 2.45) is 0 Å². The summed E-state index contributed by atoms with van der Waals surface area (Å²) in [6, 6.07) is 12.3. The molecule has 2 aromatic carbocycles. The number of hydrogen-bond donors (Lipinski definition) is 1. The number of unbranched alkanes of at least 4 members (excludes halogenated alkanes) is 1. The summed E-state index contributed by atoms with van der Waals surface area (Å²) < 4.78 is 30.8. The number of hydrogen-bond acceptors (Lipinski definition) is 9. The second-order valence-electron chi connectivity index (χ2n) is 7.93. The van der Waals surface area contributed by atoms with E-state index in [4.69, 9.17) is 13.9 Å². The second kappa shape index (κ2) is 10.2. The molecule has 5 aromatic rings. The molecule has 0 atom stereocenters. The smallest absolute Gasteiger partial charge is 0.297 e. The van der Waals surface area contributed by atoms with E-state index in [0.29, 0.717) is 18.9 Å². The Morgan fingerprint density at radius 1 is 1.08 bits per heavy atom. The van der Waals surface area contributed by atoms with Crippen molar-refractivity contribution in [3.63, 3.8) is 0 Å². The van der Waals surface area contributed by atoms with E-state index >= 15 is 0 Å². The highest BCUT2D eigenvalue weighted by Gasteiger charge is 2.21. The Balaban J connectivity index is 1.40. The zero-order valence-electron chi connectivity index (χ0n) is 19.6. The molecule has 3 heterocycles. The first-order chi connectivity index (χ1) is 17.5. The van der Waals surface area contributed by atoms with Gasteiger partial charge in [-0.15, -0.1) is 21.5 Å². The van der Waals surface area contributed by atoms with Crippen molar-refractivity contribution < 1.29 is 18.3 Å². The lowest BCUT2D eigenvalue weighted by Crippen LogP contribution is -2.16. The number of thiazole rings is 1. The first-order valence-electron chi connectivity index (χ1n) is 11.3. The molecule has 0 unspecified atom stereocenters. The Morgan fingerprint density at radius 3 is 2.67 bits per heavy atom. The molecular formula is C25H22FN5O4S. The molecule has 1 N–H and O–H groups in total. The lowest BCUT2D eigenvalue weighted by molar-refractivity contribution is 0.300. The lowest BCUT2D eigenvalue weighted by Gasteiger charge is -2.08. The monoisotopic (exact) mass is 507 g/mol. The maximum absolute atomic E-state index is 13.3. The molecule has 0 spiro atoms. The number of H-pyrrole nitrogens is 1. The van der Waals surface area contributed by atoms with Gasteiger partial charge >= 0.3 is 0 Å². The molecule has 0 radical (unpaired) electrons. The lowest BCUT2D eigenvalue weighted by atomic mass is 10.1. The minimum absolute atomic E-state index is 0.00718. The van der Waals surface area contributed by atoms with Crippen LogP contribution in [0.1, 0.15) is 30.7 Å². The quantitative estimate of drug-likeness (QED) is 0.277. The predicted octanol–water partition coefficient (Wildman–Crippen LogP) is 5.01. The first kappa shape index (κ1) is 23.6. The molecule has 0 fully saturated rings. The van der Waals surface area contributed by atoms with Crippen molar-refractivity contribution in [2.45, 2.75) is 26.2 Å². The largest absolute Gasteiger partial charge is 0.486 e. The Labute approximate surface area is 209 Å². The topological polar surface area (TPSA) is 116 Å². The third-order valence-corrected chi connectivity index (χ3v) is 6.39. The van der Waals surface area contributed by atoms with Gasteiger partial charge in [-0.3, -0.25) is 9.78 Å². The number of benzene rings is 2. The zero-order chi connectivity index (χ0) is 25.1. The van der Waals surface area contributed by atoms with E-state index < -0.39 is 5.56 Å². The van der Waals surface area contributed by atoms with Crippen LogP contribution in [0.2, 0.25) is 0 Å². The molecule has 3 aromatic heterocycles. The molecule has 0 saturated heterocycles. The standard InChI is InChI=1S/C25H22FN5O4S/c1-3-4-11-34-22-21(28-25(33-2)29-23(22)32)24-31-30-19(35-24)13-20-27-17-10-7-15(12-18(17)36-20)14-5-8-16(26)9-6-14/h5-10,12H,3-4,11,13H2,1-2H3,(H,28,29,32). The molecule has 184 valence electrons. The van der Waals surface area contributed by atoms with Gasteiger partial charge in [-0.2, -0.15) is 4.98 Å². The number of nitrogens with zero attached hydrogens (tertiary/aromatic N) is 4. The Hall–Kier alpha value is -4.12. The summed E-state index contributed by atoms with van der Waals surface area (Å²) in [7, 11) is 1.40. The van der Waals surface area contributed by atoms with Crippen LogP contribution in [-0.2, 0) is 6.42 Å². The molecule has 5 rings (SSSR count). The van der Waals surface area contributed by atoms with E-state index in [1.54, 1.807) is 12.1 Å². The van der Waals surface area contributed by atoms with Crippen molar-refractivity contribution >= 4 is 21.6 Å². The van der Waals surface area contributed by atoms with Gasteiger partial charge < -0.3 is 13.9 Å². The SMILES string of the molecule is CCCCOc1c(-c2nnc(Cc3nc4ccc(-c5ccc(F)cc5)cc4s3)o2)nc(OC)[nH]c1=O. The highest BCUT2D eigenvalue weighted by molar-refractivity contribution is 7.18. The van der Waals surface area contributed by atoms with Crippen molar-refractivity contribution in [2.75, 3.05) is 13.7 Å². The molecule has 0 aliphatic heterocycles. The number of aromatic amines is 1. The fourth-order valence-corrected chi connectivity index (χ4v) is 4.55. The van der Waals surface area contributed by atoms with Crippen molar-refractivity contribution in [1.82, 2.24) is 25.1 Å². The number of fused-ring (bicyclic) bond motifs is 1. The van der Waals surface area contributed by atoms with Gasteiger partial charge in [0, 0.05) is 0 Å². The Bertz CT molecular complexity index is 1560. The highest BCUT2D eigenvalue weighted by atomic mass is 32.1. The summed E-state index contributed by atoms with van der Waals surface area (Å²) in [6.45, 7) is 2.38. The maximum atomic E-state index is 13.3. The number of nitrogens with one attached hydrogen (secondary N) is 1. The van der Waals surface area contributed by atoms with E-state index in [1.165, 1.54) is 30.6 Å². The van der Waals surface area contributed by atoms with Gasteiger partial charge in [0.05, 0.1) is 30.4 Å². The highest BCUT2D eigenvalue weighted by Crippen LogP contribution is 2.30. The molecule has 11 heteroatoms. The van der Waals surface area contributed by atoms with Gasteiger partial charge in [-0.25, -0.2) is 9.37 Å². The Morgan fingerprint density at radius 2 is 1.89 bits per heavy atom. The maximum Gasteiger partial charge on any atom is 0.297 e. The fourth-order valence-electron chi connectivity index (χ4n) is 3.56. The van der Waals surface area contributed by atoms with Crippen LogP contribution in [0.25, 0.3) is 32.9 Å². The van der Waals surface area contributed by atoms with Gasteiger partial charge in [0.25, 0.3) is 17.5 Å².